The van der Waals surface area contributed by atoms with Gasteiger partial charge in [-0.3, -0.25) is 0 Å². The molecule has 0 saturated carbocycles. The second kappa shape index (κ2) is 5.24. The summed E-state index contributed by atoms with van der Waals surface area (Å²) < 4.78 is 0. The lowest BCUT2D eigenvalue weighted by Gasteiger charge is -2.27. The van der Waals surface area contributed by atoms with E-state index in [2.05, 4.69) is 0 Å². The van der Waals surface area contributed by atoms with Gasteiger partial charge in [0.25, 0.3) is 0 Å². The molecule has 0 bridgehead atoms. The number of halogens is 1. The largest absolute Gasteiger partial charge is 0.324 e. The smallest absolute Gasteiger partial charge is 0.0406 e. The first-order chi connectivity index (χ1) is 7.27. The molecule has 1 aliphatic rings. The van der Waals surface area contributed by atoms with Gasteiger partial charge >= 0.3 is 0 Å². The zero-order chi connectivity index (χ0) is 10.7. The van der Waals surface area contributed by atoms with Crippen molar-refractivity contribution >= 4 is 23.4 Å². The molecule has 0 spiro atoms. The Morgan fingerprint density at radius 1 is 1.33 bits per heavy atom. The van der Waals surface area contributed by atoms with E-state index >= 15 is 0 Å². The molecule has 1 nitrogen and oxygen atoms in total. The molecule has 2 rings (SSSR count). The summed E-state index contributed by atoms with van der Waals surface area (Å²) >= 11 is 7.88. The highest BCUT2D eigenvalue weighted by Gasteiger charge is 2.21. The van der Waals surface area contributed by atoms with E-state index in [4.69, 9.17) is 17.3 Å². The minimum absolute atomic E-state index is 0.176. The highest BCUT2D eigenvalue weighted by molar-refractivity contribution is 7.99. The van der Waals surface area contributed by atoms with Crippen molar-refractivity contribution in [2.45, 2.75) is 18.9 Å². The van der Waals surface area contributed by atoms with Gasteiger partial charge in [-0.25, -0.2) is 0 Å². The van der Waals surface area contributed by atoms with Gasteiger partial charge in [-0.05, 0) is 48.0 Å². The lowest BCUT2D eigenvalue weighted by atomic mass is 9.91. The monoisotopic (exact) mass is 241 g/mol. The number of benzene rings is 1. The predicted octanol–water partition coefficient (Wildman–Crippen LogP) is 3.48. The maximum atomic E-state index is 6.26. The van der Waals surface area contributed by atoms with Crippen LogP contribution in [0.2, 0.25) is 5.02 Å². The molecule has 1 aromatic rings. The van der Waals surface area contributed by atoms with Crippen LogP contribution < -0.4 is 5.73 Å². The number of hydrogen-bond acceptors (Lipinski definition) is 2. The van der Waals surface area contributed by atoms with Crippen LogP contribution in [0.25, 0.3) is 0 Å². The van der Waals surface area contributed by atoms with Crippen molar-refractivity contribution in [1.29, 1.82) is 0 Å². The van der Waals surface area contributed by atoms with Gasteiger partial charge in [-0.15, -0.1) is 0 Å². The average molecular weight is 242 g/mol. The molecule has 0 aliphatic carbocycles. The van der Waals surface area contributed by atoms with E-state index in [1.165, 1.54) is 29.9 Å². The zero-order valence-corrected chi connectivity index (χ0v) is 10.2. The van der Waals surface area contributed by atoms with Crippen molar-refractivity contribution in [3.63, 3.8) is 0 Å². The number of nitrogens with two attached hydrogens (primary N) is 1. The first-order valence-electron chi connectivity index (χ1n) is 5.36. The van der Waals surface area contributed by atoms with Crippen LogP contribution in [0.1, 0.15) is 24.4 Å². The van der Waals surface area contributed by atoms with E-state index in [0.717, 1.165) is 5.02 Å². The fourth-order valence-corrected chi connectivity index (χ4v) is 3.35. The normalized spacial score (nSPS) is 23.7. The fourth-order valence-electron chi connectivity index (χ4n) is 2.01. The zero-order valence-electron chi connectivity index (χ0n) is 8.66. The Hall–Kier alpha value is -0.180. The summed E-state index contributed by atoms with van der Waals surface area (Å²) in [4.78, 5) is 0. The standard InChI is InChI=1S/C12H16ClNS/c13-11-5-3-9(4-6-11)12(14)10-2-1-7-15-8-10/h3-6,10,12H,1-2,7-8,14H2. The van der Waals surface area contributed by atoms with Crippen LogP contribution >= 0.6 is 23.4 Å². The molecule has 3 heteroatoms. The summed E-state index contributed by atoms with van der Waals surface area (Å²) in [5.41, 5.74) is 7.48. The van der Waals surface area contributed by atoms with Crippen LogP contribution in [-0.2, 0) is 0 Å². The van der Waals surface area contributed by atoms with Crippen molar-refractivity contribution in [2.75, 3.05) is 11.5 Å². The molecule has 82 valence electrons. The van der Waals surface area contributed by atoms with Gasteiger partial charge in [0.2, 0.25) is 0 Å². The number of rotatable bonds is 2. The minimum atomic E-state index is 0.176. The molecular weight excluding hydrogens is 226 g/mol. The van der Waals surface area contributed by atoms with Crippen molar-refractivity contribution in [3.8, 4) is 0 Å². The molecule has 1 aliphatic heterocycles. The van der Waals surface area contributed by atoms with E-state index in [0.29, 0.717) is 5.92 Å². The summed E-state index contributed by atoms with van der Waals surface area (Å²) in [6.07, 6.45) is 2.56. The van der Waals surface area contributed by atoms with Gasteiger partial charge in [0.15, 0.2) is 0 Å². The predicted molar refractivity (Wildman–Crippen MR) is 68.4 cm³/mol. The van der Waals surface area contributed by atoms with Gasteiger partial charge in [0, 0.05) is 11.1 Å². The Kier molecular flexibility index (Phi) is 3.95. The topological polar surface area (TPSA) is 26.0 Å². The molecule has 1 saturated heterocycles. The summed E-state index contributed by atoms with van der Waals surface area (Å²) in [6.45, 7) is 0. The molecular formula is C12H16ClNS. The molecule has 2 N–H and O–H groups in total. The minimum Gasteiger partial charge on any atom is -0.324 e. The quantitative estimate of drug-likeness (QED) is 0.858. The molecule has 1 fully saturated rings. The third-order valence-electron chi connectivity index (χ3n) is 2.96. The van der Waals surface area contributed by atoms with Crippen molar-refractivity contribution in [1.82, 2.24) is 0 Å². The van der Waals surface area contributed by atoms with E-state index in [9.17, 15) is 0 Å². The summed E-state index contributed by atoms with van der Waals surface area (Å²) in [6, 6.07) is 8.12. The van der Waals surface area contributed by atoms with Gasteiger partial charge in [-0.1, -0.05) is 23.7 Å². The second-order valence-corrected chi connectivity index (χ2v) is 5.64. The maximum absolute atomic E-state index is 6.26. The van der Waals surface area contributed by atoms with Crippen molar-refractivity contribution in [2.24, 2.45) is 11.7 Å². The molecule has 15 heavy (non-hydrogen) atoms. The molecule has 1 heterocycles. The second-order valence-electron chi connectivity index (χ2n) is 4.05. The Morgan fingerprint density at radius 3 is 2.67 bits per heavy atom. The van der Waals surface area contributed by atoms with Gasteiger partial charge in [0.1, 0.15) is 0 Å². The van der Waals surface area contributed by atoms with Crippen LogP contribution in [-0.4, -0.2) is 11.5 Å². The first-order valence-corrected chi connectivity index (χ1v) is 6.89. The van der Waals surface area contributed by atoms with Crippen LogP contribution in [0.15, 0.2) is 24.3 Å². The molecule has 0 aromatic heterocycles. The molecule has 0 amide bonds. The Labute approximate surface area is 100 Å². The van der Waals surface area contributed by atoms with E-state index < -0.39 is 0 Å². The highest BCUT2D eigenvalue weighted by atomic mass is 35.5. The molecule has 2 atom stereocenters. The lowest BCUT2D eigenvalue weighted by molar-refractivity contribution is 0.434. The molecule has 2 unspecified atom stereocenters. The Morgan fingerprint density at radius 2 is 2.07 bits per heavy atom. The lowest BCUT2D eigenvalue weighted by Crippen LogP contribution is -2.25. The van der Waals surface area contributed by atoms with Gasteiger partial charge in [-0.2, -0.15) is 11.8 Å². The Balaban J connectivity index is 2.05. The number of thioether (sulfide) groups is 1. The van der Waals surface area contributed by atoms with Crippen LogP contribution in [0, 0.1) is 5.92 Å². The Bertz CT molecular complexity index is 306. The van der Waals surface area contributed by atoms with Gasteiger partial charge in [0.05, 0.1) is 0 Å². The van der Waals surface area contributed by atoms with Gasteiger partial charge < -0.3 is 5.73 Å². The number of hydrogen-bond donors (Lipinski definition) is 1. The highest BCUT2D eigenvalue weighted by Crippen LogP contribution is 2.31. The van der Waals surface area contributed by atoms with E-state index in [1.54, 1.807) is 0 Å². The summed E-state index contributed by atoms with van der Waals surface area (Å²) in [7, 11) is 0. The van der Waals surface area contributed by atoms with Crippen LogP contribution in [0.5, 0.6) is 0 Å². The van der Waals surface area contributed by atoms with Crippen molar-refractivity contribution in [3.05, 3.63) is 34.9 Å². The van der Waals surface area contributed by atoms with Crippen LogP contribution in [0.3, 0.4) is 0 Å². The van der Waals surface area contributed by atoms with E-state index in [1.807, 2.05) is 36.0 Å². The molecule has 1 aromatic carbocycles. The maximum Gasteiger partial charge on any atom is 0.0406 e. The first kappa shape index (κ1) is 11.3. The fraction of sp³-hybridized carbons (Fsp3) is 0.500. The summed E-state index contributed by atoms with van der Waals surface area (Å²) in [5.74, 6) is 3.12. The summed E-state index contributed by atoms with van der Waals surface area (Å²) in [5, 5.41) is 0.781. The SMILES string of the molecule is NC(c1ccc(Cl)cc1)C1CCCSC1. The third-order valence-corrected chi connectivity index (χ3v) is 4.45. The molecule has 0 radical (unpaired) electrons. The van der Waals surface area contributed by atoms with E-state index in [-0.39, 0.29) is 6.04 Å². The van der Waals surface area contributed by atoms with Crippen LogP contribution in [0.4, 0.5) is 0 Å². The third kappa shape index (κ3) is 2.90. The van der Waals surface area contributed by atoms with Crippen molar-refractivity contribution < 1.29 is 0 Å². The average Bonchev–Trinajstić information content (AvgIpc) is 2.30.